The average molecular weight is 317 g/mol. The smallest absolute Gasteiger partial charge is 0.305 e. The number of carbonyl (C=O) groups excluding carboxylic acids is 1. The standard InChI is InChI=1S/C17H23N3O3/c1-2-15(11-17(22)23)20-16(21)6-4-3-5-13-7-9-14(10-8-13)12-19-18/h2,7-10,12,15H,1,3-6,11,18H2,(H,20,21)(H,22,23). The fraction of sp³-hybridized carbons (Fsp3) is 0.353. The van der Waals surface area contributed by atoms with Crippen molar-refractivity contribution in [2.45, 2.75) is 38.1 Å². The number of carboxylic acids is 1. The van der Waals surface area contributed by atoms with Crippen molar-refractivity contribution in [3.8, 4) is 0 Å². The van der Waals surface area contributed by atoms with Crippen LogP contribution in [0.5, 0.6) is 0 Å². The van der Waals surface area contributed by atoms with Gasteiger partial charge >= 0.3 is 5.97 Å². The molecule has 1 aromatic rings. The van der Waals surface area contributed by atoms with Crippen LogP contribution in [0.4, 0.5) is 0 Å². The van der Waals surface area contributed by atoms with E-state index in [-0.39, 0.29) is 12.3 Å². The van der Waals surface area contributed by atoms with Crippen LogP contribution in [0.3, 0.4) is 0 Å². The molecule has 0 heterocycles. The van der Waals surface area contributed by atoms with Crippen LogP contribution in [0, 0.1) is 0 Å². The largest absolute Gasteiger partial charge is 0.481 e. The van der Waals surface area contributed by atoms with Gasteiger partial charge in [0.15, 0.2) is 0 Å². The number of benzene rings is 1. The van der Waals surface area contributed by atoms with Crippen molar-refractivity contribution < 1.29 is 14.7 Å². The van der Waals surface area contributed by atoms with E-state index in [1.165, 1.54) is 11.6 Å². The first-order chi connectivity index (χ1) is 11.0. The number of carboxylic acid groups (broad SMARTS) is 1. The third-order valence-corrected chi connectivity index (χ3v) is 3.35. The number of unbranched alkanes of at least 4 members (excludes halogenated alkanes) is 1. The fourth-order valence-corrected chi connectivity index (χ4v) is 2.13. The Hall–Kier alpha value is -2.63. The van der Waals surface area contributed by atoms with Crippen molar-refractivity contribution in [2.24, 2.45) is 10.9 Å². The number of nitrogens with two attached hydrogens (primary N) is 1. The van der Waals surface area contributed by atoms with Gasteiger partial charge in [-0.2, -0.15) is 5.10 Å². The molecule has 124 valence electrons. The molecule has 0 saturated heterocycles. The Morgan fingerprint density at radius 1 is 1.30 bits per heavy atom. The topological polar surface area (TPSA) is 105 Å². The molecule has 0 aromatic heterocycles. The number of aliphatic carboxylic acids is 1. The van der Waals surface area contributed by atoms with Crippen molar-refractivity contribution in [2.75, 3.05) is 0 Å². The highest BCUT2D eigenvalue weighted by molar-refractivity contribution is 5.79. The summed E-state index contributed by atoms with van der Waals surface area (Å²) in [5, 5.41) is 14.8. The zero-order chi connectivity index (χ0) is 17.1. The second-order valence-corrected chi connectivity index (χ2v) is 5.23. The van der Waals surface area contributed by atoms with E-state index in [0.29, 0.717) is 6.42 Å². The number of hydrogen-bond acceptors (Lipinski definition) is 4. The number of rotatable bonds is 10. The summed E-state index contributed by atoms with van der Waals surface area (Å²) in [5.41, 5.74) is 2.14. The van der Waals surface area contributed by atoms with Gasteiger partial charge in [-0.3, -0.25) is 9.59 Å². The van der Waals surface area contributed by atoms with Gasteiger partial charge in [-0.05, 0) is 30.4 Å². The maximum absolute atomic E-state index is 11.7. The zero-order valence-electron chi connectivity index (χ0n) is 13.1. The second kappa shape index (κ2) is 10.2. The highest BCUT2D eigenvalue weighted by Gasteiger charge is 2.12. The van der Waals surface area contributed by atoms with Crippen molar-refractivity contribution in [1.82, 2.24) is 5.32 Å². The molecule has 1 rings (SSSR count). The Kier molecular flexibility index (Phi) is 8.13. The van der Waals surface area contributed by atoms with E-state index in [9.17, 15) is 9.59 Å². The third kappa shape index (κ3) is 7.80. The van der Waals surface area contributed by atoms with E-state index in [4.69, 9.17) is 10.9 Å². The summed E-state index contributed by atoms with van der Waals surface area (Å²) in [6, 6.07) is 7.39. The van der Waals surface area contributed by atoms with E-state index in [0.717, 1.165) is 24.8 Å². The van der Waals surface area contributed by atoms with Crippen LogP contribution in [-0.2, 0) is 16.0 Å². The van der Waals surface area contributed by atoms with E-state index < -0.39 is 12.0 Å². The van der Waals surface area contributed by atoms with Gasteiger partial charge in [0, 0.05) is 6.42 Å². The van der Waals surface area contributed by atoms with Gasteiger partial charge in [-0.1, -0.05) is 30.3 Å². The Balaban J connectivity index is 2.26. The molecule has 6 heteroatoms. The quantitative estimate of drug-likeness (QED) is 0.201. The van der Waals surface area contributed by atoms with Crippen molar-refractivity contribution in [3.63, 3.8) is 0 Å². The normalized spacial score (nSPS) is 12.0. The Morgan fingerprint density at radius 3 is 2.57 bits per heavy atom. The number of nitrogens with zero attached hydrogens (tertiary/aromatic N) is 1. The molecule has 0 aliphatic rings. The van der Waals surface area contributed by atoms with Crippen LogP contribution in [0.2, 0.25) is 0 Å². The third-order valence-electron chi connectivity index (χ3n) is 3.35. The zero-order valence-corrected chi connectivity index (χ0v) is 13.1. The molecule has 0 aliphatic carbocycles. The van der Waals surface area contributed by atoms with E-state index in [1.807, 2.05) is 24.3 Å². The van der Waals surface area contributed by atoms with Gasteiger partial charge < -0.3 is 16.3 Å². The number of aryl methyl sites for hydroxylation is 1. The maximum Gasteiger partial charge on any atom is 0.305 e. The first kappa shape index (κ1) is 18.4. The molecular weight excluding hydrogens is 294 g/mol. The molecule has 4 N–H and O–H groups in total. The highest BCUT2D eigenvalue weighted by Crippen LogP contribution is 2.08. The predicted molar refractivity (Wildman–Crippen MR) is 90.2 cm³/mol. The predicted octanol–water partition coefficient (Wildman–Crippen LogP) is 1.84. The molecular formula is C17H23N3O3. The van der Waals surface area contributed by atoms with Crippen molar-refractivity contribution >= 4 is 18.1 Å². The Bertz CT molecular complexity index is 553. The number of nitrogens with one attached hydrogen (secondary N) is 1. The van der Waals surface area contributed by atoms with E-state index in [1.54, 1.807) is 6.21 Å². The van der Waals surface area contributed by atoms with Crippen LogP contribution < -0.4 is 11.2 Å². The molecule has 1 atom stereocenters. The van der Waals surface area contributed by atoms with Gasteiger partial charge in [-0.25, -0.2) is 0 Å². The number of carbonyl (C=O) groups is 2. The molecule has 6 nitrogen and oxygen atoms in total. The first-order valence-electron chi connectivity index (χ1n) is 7.51. The van der Waals surface area contributed by atoms with Crippen LogP contribution in [0.15, 0.2) is 42.0 Å². The minimum Gasteiger partial charge on any atom is -0.481 e. The number of hydrogen-bond donors (Lipinski definition) is 3. The lowest BCUT2D eigenvalue weighted by Crippen LogP contribution is -2.34. The minimum atomic E-state index is -0.960. The highest BCUT2D eigenvalue weighted by atomic mass is 16.4. The minimum absolute atomic E-state index is 0.145. The summed E-state index contributed by atoms with van der Waals surface area (Å²) in [4.78, 5) is 22.4. The molecule has 1 amide bonds. The number of amides is 1. The van der Waals surface area contributed by atoms with Crippen LogP contribution in [0.1, 0.15) is 36.8 Å². The second-order valence-electron chi connectivity index (χ2n) is 5.23. The average Bonchev–Trinajstić information content (AvgIpc) is 2.52. The maximum atomic E-state index is 11.7. The summed E-state index contributed by atoms with van der Waals surface area (Å²) in [5.74, 6) is 3.98. The van der Waals surface area contributed by atoms with Crippen molar-refractivity contribution in [1.29, 1.82) is 0 Å². The molecule has 1 aromatic carbocycles. The lowest BCUT2D eigenvalue weighted by atomic mass is 10.1. The lowest BCUT2D eigenvalue weighted by molar-refractivity contribution is -0.137. The van der Waals surface area contributed by atoms with E-state index >= 15 is 0 Å². The monoisotopic (exact) mass is 317 g/mol. The molecule has 0 bridgehead atoms. The van der Waals surface area contributed by atoms with Crippen LogP contribution in [0.25, 0.3) is 0 Å². The lowest BCUT2D eigenvalue weighted by Gasteiger charge is -2.12. The van der Waals surface area contributed by atoms with Crippen LogP contribution >= 0.6 is 0 Å². The molecule has 23 heavy (non-hydrogen) atoms. The first-order valence-corrected chi connectivity index (χ1v) is 7.51. The van der Waals surface area contributed by atoms with Gasteiger partial charge in [0.05, 0.1) is 18.7 Å². The van der Waals surface area contributed by atoms with Gasteiger partial charge in [-0.15, -0.1) is 6.58 Å². The van der Waals surface area contributed by atoms with Crippen LogP contribution in [-0.4, -0.2) is 29.2 Å². The van der Waals surface area contributed by atoms with Gasteiger partial charge in [0.25, 0.3) is 0 Å². The molecule has 1 unspecified atom stereocenters. The summed E-state index contributed by atoms with van der Waals surface area (Å²) < 4.78 is 0. The Labute approximate surface area is 136 Å². The van der Waals surface area contributed by atoms with Crippen molar-refractivity contribution in [3.05, 3.63) is 48.0 Å². The molecule has 0 aliphatic heterocycles. The fourth-order valence-electron chi connectivity index (χ4n) is 2.13. The van der Waals surface area contributed by atoms with Gasteiger partial charge in [0.1, 0.15) is 0 Å². The Morgan fingerprint density at radius 2 is 2.00 bits per heavy atom. The molecule has 0 fully saturated rings. The SMILES string of the molecule is C=CC(CC(=O)O)NC(=O)CCCCc1ccc(C=NN)cc1. The summed E-state index contributed by atoms with van der Waals surface area (Å²) in [6.07, 6.45) is 5.77. The number of hydrazone groups is 1. The van der Waals surface area contributed by atoms with Gasteiger partial charge in [0.2, 0.25) is 5.91 Å². The summed E-state index contributed by atoms with van der Waals surface area (Å²) in [7, 11) is 0. The molecule has 0 saturated carbocycles. The summed E-state index contributed by atoms with van der Waals surface area (Å²) in [6.45, 7) is 3.53. The van der Waals surface area contributed by atoms with E-state index in [2.05, 4.69) is 17.0 Å². The molecule has 0 spiro atoms. The summed E-state index contributed by atoms with van der Waals surface area (Å²) >= 11 is 0. The molecule has 0 radical (unpaired) electrons.